The maximum Gasteiger partial charge on any atom is 0.271 e. The van der Waals surface area contributed by atoms with E-state index < -0.39 is 4.92 Å². The van der Waals surface area contributed by atoms with E-state index in [2.05, 4.69) is 10.3 Å². The number of halogens is 1. The molecule has 1 fully saturated rings. The lowest BCUT2D eigenvalue weighted by molar-refractivity contribution is -0.384. The first-order valence-corrected chi connectivity index (χ1v) is 8.75. The number of pyridine rings is 1. The van der Waals surface area contributed by atoms with Gasteiger partial charge in [0, 0.05) is 30.9 Å². The molecule has 1 amide bonds. The highest BCUT2D eigenvalue weighted by Crippen LogP contribution is 2.32. The molecule has 8 heteroatoms. The largest absolute Gasteiger partial charge is 0.370 e. The van der Waals surface area contributed by atoms with Crippen LogP contribution in [-0.4, -0.2) is 28.9 Å². The fraction of sp³-hybridized carbons (Fsp3) is 0.333. The van der Waals surface area contributed by atoms with E-state index in [4.69, 9.17) is 11.6 Å². The number of nitro groups is 1. The lowest BCUT2D eigenvalue weighted by Crippen LogP contribution is -2.41. The summed E-state index contributed by atoms with van der Waals surface area (Å²) in [5.41, 5.74) is 1.50. The molecule has 1 aliphatic heterocycles. The third-order valence-electron chi connectivity index (χ3n) is 4.41. The van der Waals surface area contributed by atoms with Gasteiger partial charge < -0.3 is 10.2 Å². The maximum absolute atomic E-state index is 12.6. The van der Waals surface area contributed by atoms with Gasteiger partial charge in [0.15, 0.2) is 0 Å². The third-order valence-corrected chi connectivity index (χ3v) is 4.72. The molecule has 2 aromatic rings. The second-order valence-electron chi connectivity index (χ2n) is 6.33. The quantitative estimate of drug-likeness (QED) is 0.649. The first kappa shape index (κ1) is 18.1. The van der Waals surface area contributed by atoms with Crippen LogP contribution in [0.4, 0.5) is 17.2 Å². The number of non-ortho nitro benzene ring substituents is 1. The van der Waals surface area contributed by atoms with E-state index in [1.165, 1.54) is 12.1 Å². The van der Waals surface area contributed by atoms with E-state index in [0.717, 1.165) is 25.1 Å². The van der Waals surface area contributed by atoms with Crippen LogP contribution >= 0.6 is 11.6 Å². The normalized spacial score (nSPS) is 17.0. The Hall–Kier alpha value is -2.67. The molecule has 1 aromatic carbocycles. The Bertz CT molecular complexity index is 843. The molecular formula is C18H19ClN4O3. The number of piperidine rings is 1. The zero-order valence-electron chi connectivity index (χ0n) is 14.3. The molecule has 7 nitrogen and oxygen atoms in total. The number of amides is 1. The molecule has 3 rings (SSSR count). The Balaban J connectivity index is 1.71. The molecule has 1 unspecified atom stereocenters. The summed E-state index contributed by atoms with van der Waals surface area (Å²) in [7, 11) is 0. The number of hydrogen-bond acceptors (Lipinski definition) is 5. The van der Waals surface area contributed by atoms with Crippen LogP contribution in [0.5, 0.6) is 0 Å². The zero-order chi connectivity index (χ0) is 18.7. The summed E-state index contributed by atoms with van der Waals surface area (Å²) in [6.45, 7) is 3.13. The molecule has 26 heavy (non-hydrogen) atoms. The van der Waals surface area contributed by atoms with E-state index in [1.54, 1.807) is 12.1 Å². The van der Waals surface area contributed by atoms with Crippen molar-refractivity contribution in [2.24, 2.45) is 5.92 Å². The van der Waals surface area contributed by atoms with E-state index in [0.29, 0.717) is 23.1 Å². The number of carbonyl (C=O) groups excluding carboxylic acids is 1. The number of anilines is 2. The Morgan fingerprint density at radius 2 is 2.19 bits per heavy atom. The Morgan fingerprint density at radius 3 is 2.88 bits per heavy atom. The van der Waals surface area contributed by atoms with Crippen molar-refractivity contribution in [2.45, 2.75) is 19.8 Å². The fourth-order valence-electron chi connectivity index (χ4n) is 3.12. The average Bonchev–Trinajstić information content (AvgIpc) is 2.61. The van der Waals surface area contributed by atoms with Crippen molar-refractivity contribution in [3.8, 4) is 0 Å². The summed E-state index contributed by atoms with van der Waals surface area (Å²) in [6, 6.07) is 9.90. The monoisotopic (exact) mass is 374 g/mol. The van der Waals surface area contributed by atoms with E-state index in [9.17, 15) is 14.9 Å². The predicted molar refractivity (Wildman–Crippen MR) is 101 cm³/mol. The van der Waals surface area contributed by atoms with Crippen molar-refractivity contribution in [1.29, 1.82) is 0 Å². The van der Waals surface area contributed by atoms with Crippen molar-refractivity contribution in [1.82, 2.24) is 4.98 Å². The van der Waals surface area contributed by atoms with Crippen LogP contribution in [0.2, 0.25) is 5.02 Å². The SMILES string of the molecule is Cc1cccc(NC(=O)C2CCCN(c3ccc([N+](=O)[O-])cc3Cl)C2)n1. The van der Waals surface area contributed by atoms with Crippen LogP contribution in [0, 0.1) is 23.0 Å². The standard InChI is InChI=1S/C18H19ClN4O3/c1-12-4-2-6-17(20-12)21-18(24)13-5-3-9-22(11-13)16-8-7-14(23(25)26)10-15(16)19/h2,4,6-8,10,13H,3,5,9,11H2,1H3,(H,20,21,24). The van der Waals surface area contributed by atoms with Crippen LogP contribution in [0.25, 0.3) is 0 Å². The summed E-state index contributed by atoms with van der Waals surface area (Å²) in [5.74, 6) is 0.267. The number of aryl methyl sites for hydroxylation is 1. The lowest BCUT2D eigenvalue weighted by atomic mass is 9.96. The first-order valence-electron chi connectivity index (χ1n) is 8.37. The van der Waals surface area contributed by atoms with Gasteiger partial charge in [-0.25, -0.2) is 4.98 Å². The smallest absolute Gasteiger partial charge is 0.271 e. The fourth-order valence-corrected chi connectivity index (χ4v) is 3.41. The second kappa shape index (κ2) is 7.70. The van der Waals surface area contributed by atoms with Gasteiger partial charge in [0.2, 0.25) is 5.91 Å². The molecule has 0 radical (unpaired) electrons. The summed E-state index contributed by atoms with van der Waals surface area (Å²) in [5, 5.41) is 14.0. The van der Waals surface area contributed by atoms with Gasteiger partial charge in [0.25, 0.3) is 5.69 Å². The Kier molecular flexibility index (Phi) is 5.37. The van der Waals surface area contributed by atoms with Crippen LogP contribution in [0.3, 0.4) is 0 Å². The van der Waals surface area contributed by atoms with Gasteiger partial charge in [-0.1, -0.05) is 17.7 Å². The number of nitrogens with zero attached hydrogens (tertiary/aromatic N) is 3. The van der Waals surface area contributed by atoms with Gasteiger partial charge >= 0.3 is 0 Å². The molecule has 0 aliphatic carbocycles. The highest BCUT2D eigenvalue weighted by Gasteiger charge is 2.27. The minimum Gasteiger partial charge on any atom is -0.370 e. The number of hydrogen-bond donors (Lipinski definition) is 1. The van der Waals surface area contributed by atoms with Gasteiger partial charge in [-0.2, -0.15) is 0 Å². The molecule has 1 saturated heterocycles. The molecule has 0 bridgehead atoms. The van der Waals surface area contributed by atoms with E-state index in [1.807, 2.05) is 24.0 Å². The summed E-state index contributed by atoms with van der Waals surface area (Å²) in [6.07, 6.45) is 1.62. The highest BCUT2D eigenvalue weighted by molar-refractivity contribution is 6.33. The summed E-state index contributed by atoms with van der Waals surface area (Å²) >= 11 is 6.22. The molecule has 1 N–H and O–H groups in total. The molecular weight excluding hydrogens is 356 g/mol. The molecule has 2 heterocycles. The summed E-state index contributed by atoms with van der Waals surface area (Å²) in [4.78, 5) is 29.3. The molecule has 136 valence electrons. The number of nitro benzene ring substituents is 1. The zero-order valence-corrected chi connectivity index (χ0v) is 15.1. The number of nitrogens with one attached hydrogen (secondary N) is 1. The van der Waals surface area contributed by atoms with Crippen molar-refractivity contribution < 1.29 is 9.72 Å². The van der Waals surface area contributed by atoms with Crippen LogP contribution < -0.4 is 10.2 Å². The molecule has 0 saturated carbocycles. The maximum atomic E-state index is 12.6. The summed E-state index contributed by atoms with van der Waals surface area (Å²) < 4.78 is 0. The Labute approximate surface area is 156 Å². The van der Waals surface area contributed by atoms with Crippen molar-refractivity contribution in [3.05, 3.63) is 57.2 Å². The van der Waals surface area contributed by atoms with Crippen molar-refractivity contribution >= 4 is 34.7 Å². The topological polar surface area (TPSA) is 88.4 Å². The number of benzene rings is 1. The van der Waals surface area contributed by atoms with Crippen LogP contribution in [-0.2, 0) is 4.79 Å². The highest BCUT2D eigenvalue weighted by atomic mass is 35.5. The van der Waals surface area contributed by atoms with E-state index in [-0.39, 0.29) is 17.5 Å². The Morgan fingerprint density at radius 1 is 1.38 bits per heavy atom. The second-order valence-corrected chi connectivity index (χ2v) is 6.74. The number of aromatic nitrogens is 1. The number of carbonyl (C=O) groups is 1. The van der Waals surface area contributed by atoms with Crippen LogP contribution in [0.1, 0.15) is 18.5 Å². The first-order chi connectivity index (χ1) is 12.4. The van der Waals surface area contributed by atoms with E-state index >= 15 is 0 Å². The molecule has 1 atom stereocenters. The van der Waals surface area contributed by atoms with Gasteiger partial charge in [0.1, 0.15) is 5.82 Å². The molecule has 1 aromatic heterocycles. The van der Waals surface area contributed by atoms with Crippen molar-refractivity contribution in [2.75, 3.05) is 23.3 Å². The van der Waals surface area contributed by atoms with Gasteiger partial charge in [0.05, 0.1) is 21.6 Å². The van der Waals surface area contributed by atoms with Gasteiger partial charge in [-0.3, -0.25) is 14.9 Å². The average molecular weight is 375 g/mol. The lowest BCUT2D eigenvalue weighted by Gasteiger charge is -2.34. The van der Waals surface area contributed by atoms with Gasteiger partial charge in [-0.15, -0.1) is 0 Å². The predicted octanol–water partition coefficient (Wildman–Crippen LogP) is 3.81. The minimum atomic E-state index is -0.475. The van der Waals surface area contributed by atoms with Crippen molar-refractivity contribution in [3.63, 3.8) is 0 Å². The van der Waals surface area contributed by atoms with Gasteiger partial charge in [-0.05, 0) is 38.0 Å². The molecule has 1 aliphatic rings. The number of rotatable bonds is 4. The minimum absolute atomic E-state index is 0.0458. The molecule has 0 spiro atoms. The third kappa shape index (κ3) is 4.11. The van der Waals surface area contributed by atoms with Crippen LogP contribution in [0.15, 0.2) is 36.4 Å².